The fourth-order valence-electron chi connectivity index (χ4n) is 2.10. The van der Waals surface area contributed by atoms with Crippen molar-refractivity contribution >= 4 is 17.4 Å². The third kappa shape index (κ3) is 2.91. The van der Waals surface area contributed by atoms with Gasteiger partial charge >= 0.3 is 0 Å². The number of hydrogen-bond donors (Lipinski definition) is 1. The first-order chi connectivity index (χ1) is 8.53. The Hall–Kier alpha value is -0.900. The number of ether oxygens (including phenoxy) is 1. The van der Waals surface area contributed by atoms with Gasteiger partial charge in [-0.25, -0.2) is 4.39 Å². The largest absolute Gasteiger partial charge is 0.497 e. The molecule has 0 amide bonds. The van der Waals surface area contributed by atoms with E-state index in [0.717, 1.165) is 12.2 Å². The smallest absolute Gasteiger partial charge is 0.146 e. The maximum absolute atomic E-state index is 13.8. The third-order valence-electron chi connectivity index (χ3n) is 3.62. The molecule has 1 N–H and O–H groups in total. The Morgan fingerprint density at radius 1 is 1.44 bits per heavy atom. The maximum atomic E-state index is 13.8. The molecule has 0 aromatic heterocycles. The summed E-state index contributed by atoms with van der Waals surface area (Å²) < 4.78 is 18.9. The Morgan fingerprint density at radius 3 is 2.89 bits per heavy atom. The molecule has 1 saturated heterocycles. The summed E-state index contributed by atoms with van der Waals surface area (Å²) in [5.74, 6) is 2.66. The number of nitrogens with one attached hydrogen (secondary N) is 1. The van der Waals surface area contributed by atoms with Gasteiger partial charge in [0.15, 0.2) is 0 Å². The molecule has 1 aromatic rings. The zero-order valence-corrected chi connectivity index (χ0v) is 11.9. The quantitative estimate of drug-likeness (QED) is 0.902. The number of thioether (sulfide) groups is 1. The van der Waals surface area contributed by atoms with Gasteiger partial charge in [-0.05, 0) is 29.7 Å². The van der Waals surface area contributed by atoms with Crippen LogP contribution in [0.15, 0.2) is 18.2 Å². The molecule has 1 aliphatic heterocycles. The van der Waals surface area contributed by atoms with Gasteiger partial charge in [-0.2, -0.15) is 11.8 Å². The van der Waals surface area contributed by atoms with Gasteiger partial charge in [0.25, 0.3) is 0 Å². The van der Waals surface area contributed by atoms with Crippen LogP contribution in [-0.2, 0) is 0 Å². The molecule has 2 rings (SSSR count). The van der Waals surface area contributed by atoms with Crippen LogP contribution in [0.3, 0.4) is 0 Å². The van der Waals surface area contributed by atoms with Crippen molar-refractivity contribution in [3.8, 4) is 5.75 Å². The van der Waals surface area contributed by atoms with Crippen LogP contribution < -0.4 is 10.1 Å². The van der Waals surface area contributed by atoms with Gasteiger partial charge in [-0.1, -0.05) is 13.8 Å². The summed E-state index contributed by atoms with van der Waals surface area (Å²) >= 11 is 1.92. The summed E-state index contributed by atoms with van der Waals surface area (Å²) in [7, 11) is 1.59. The predicted octanol–water partition coefficient (Wildman–Crippen LogP) is 3.78. The van der Waals surface area contributed by atoms with Gasteiger partial charge in [0.05, 0.1) is 12.8 Å². The van der Waals surface area contributed by atoms with Crippen LogP contribution in [-0.4, -0.2) is 24.7 Å². The number of benzene rings is 1. The molecule has 0 aliphatic carbocycles. The topological polar surface area (TPSA) is 21.3 Å². The minimum atomic E-state index is -0.220. The van der Waals surface area contributed by atoms with Crippen molar-refractivity contribution in [3.05, 3.63) is 24.0 Å². The Bertz CT molecular complexity index is 422. The minimum absolute atomic E-state index is 0.195. The molecule has 0 bridgehead atoms. The van der Waals surface area contributed by atoms with E-state index < -0.39 is 0 Å². The summed E-state index contributed by atoms with van der Waals surface area (Å²) in [6, 6.07) is 5.11. The number of rotatable bonds is 3. The van der Waals surface area contributed by atoms with E-state index in [1.807, 2.05) is 11.8 Å². The maximum Gasteiger partial charge on any atom is 0.146 e. The standard InChI is InChI=1S/C14H20FNOS/c1-14(2)6-7-18-9-13(14)16-12-8-10(17-3)4-5-11(12)15/h4-5,8,13,16H,6-7,9H2,1-3H3. The number of methoxy groups -OCH3 is 1. The summed E-state index contributed by atoms with van der Waals surface area (Å²) in [4.78, 5) is 0. The second kappa shape index (κ2) is 5.39. The molecule has 1 aromatic carbocycles. The van der Waals surface area contributed by atoms with Crippen LogP contribution in [0.4, 0.5) is 10.1 Å². The van der Waals surface area contributed by atoms with E-state index in [9.17, 15) is 4.39 Å². The monoisotopic (exact) mass is 269 g/mol. The number of halogens is 1. The Balaban J connectivity index is 2.17. The lowest BCUT2D eigenvalue weighted by atomic mass is 9.82. The highest BCUT2D eigenvalue weighted by molar-refractivity contribution is 7.99. The summed E-state index contributed by atoms with van der Waals surface area (Å²) in [5.41, 5.74) is 0.732. The fourth-order valence-corrected chi connectivity index (χ4v) is 3.71. The fraction of sp³-hybridized carbons (Fsp3) is 0.571. The van der Waals surface area contributed by atoms with Crippen LogP contribution in [0, 0.1) is 11.2 Å². The van der Waals surface area contributed by atoms with Crippen molar-refractivity contribution in [1.29, 1.82) is 0 Å². The highest BCUT2D eigenvalue weighted by Gasteiger charge is 2.32. The molecule has 1 atom stereocenters. The highest BCUT2D eigenvalue weighted by Crippen LogP contribution is 2.36. The van der Waals surface area contributed by atoms with Crippen LogP contribution in [0.2, 0.25) is 0 Å². The summed E-state index contributed by atoms with van der Waals surface area (Å²) in [6.07, 6.45) is 1.15. The van der Waals surface area contributed by atoms with Crippen LogP contribution in [0.1, 0.15) is 20.3 Å². The van der Waals surface area contributed by atoms with E-state index in [0.29, 0.717) is 11.4 Å². The molecule has 100 valence electrons. The van der Waals surface area contributed by atoms with Gasteiger partial charge < -0.3 is 10.1 Å². The second-order valence-electron chi connectivity index (χ2n) is 5.36. The molecule has 1 heterocycles. The molecule has 18 heavy (non-hydrogen) atoms. The first-order valence-corrected chi connectivity index (χ1v) is 7.36. The van der Waals surface area contributed by atoms with Crippen LogP contribution in [0.5, 0.6) is 5.75 Å². The van der Waals surface area contributed by atoms with Gasteiger partial charge in [0.2, 0.25) is 0 Å². The van der Waals surface area contributed by atoms with Crippen molar-refractivity contribution in [2.75, 3.05) is 23.9 Å². The van der Waals surface area contributed by atoms with Crippen LogP contribution in [0.25, 0.3) is 0 Å². The molecule has 0 spiro atoms. The molecule has 1 aliphatic rings. The Morgan fingerprint density at radius 2 is 2.22 bits per heavy atom. The lowest BCUT2D eigenvalue weighted by Gasteiger charge is -2.39. The molecule has 4 heteroatoms. The van der Waals surface area contributed by atoms with E-state index in [1.165, 1.54) is 11.8 Å². The molecule has 2 nitrogen and oxygen atoms in total. The van der Waals surface area contributed by atoms with Gasteiger partial charge in [0, 0.05) is 17.9 Å². The van der Waals surface area contributed by atoms with Crippen molar-refractivity contribution in [3.63, 3.8) is 0 Å². The zero-order valence-electron chi connectivity index (χ0n) is 11.1. The molecular weight excluding hydrogens is 249 g/mol. The molecule has 0 saturated carbocycles. The normalized spacial score (nSPS) is 22.6. The molecule has 0 radical (unpaired) electrons. The van der Waals surface area contributed by atoms with Crippen molar-refractivity contribution in [1.82, 2.24) is 0 Å². The number of hydrogen-bond acceptors (Lipinski definition) is 3. The van der Waals surface area contributed by atoms with Crippen molar-refractivity contribution < 1.29 is 9.13 Å². The highest BCUT2D eigenvalue weighted by atomic mass is 32.2. The minimum Gasteiger partial charge on any atom is -0.497 e. The summed E-state index contributed by atoms with van der Waals surface area (Å²) in [5, 5.41) is 3.34. The second-order valence-corrected chi connectivity index (χ2v) is 6.51. The van der Waals surface area contributed by atoms with Gasteiger partial charge in [0.1, 0.15) is 11.6 Å². The first kappa shape index (κ1) is 13.5. The zero-order chi connectivity index (χ0) is 13.2. The Labute approximate surface area is 112 Å². The Kier molecular flexibility index (Phi) is 4.05. The molecule has 1 fully saturated rings. The average Bonchev–Trinajstić information content (AvgIpc) is 2.34. The SMILES string of the molecule is COc1ccc(F)c(NC2CSCCC2(C)C)c1. The van der Waals surface area contributed by atoms with Crippen molar-refractivity contribution in [2.45, 2.75) is 26.3 Å². The van der Waals surface area contributed by atoms with Gasteiger partial charge in [-0.15, -0.1) is 0 Å². The molecule has 1 unspecified atom stereocenters. The lowest BCUT2D eigenvalue weighted by Crippen LogP contribution is -2.41. The van der Waals surface area contributed by atoms with E-state index in [1.54, 1.807) is 19.2 Å². The third-order valence-corrected chi connectivity index (χ3v) is 4.68. The molecular formula is C14H20FNOS. The van der Waals surface area contributed by atoms with E-state index in [-0.39, 0.29) is 17.3 Å². The van der Waals surface area contributed by atoms with E-state index >= 15 is 0 Å². The lowest BCUT2D eigenvalue weighted by molar-refractivity contribution is 0.304. The first-order valence-electron chi connectivity index (χ1n) is 6.21. The van der Waals surface area contributed by atoms with E-state index in [2.05, 4.69) is 19.2 Å². The van der Waals surface area contributed by atoms with Crippen LogP contribution >= 0.6 is 11.8 Å². The average molecular weight is 269 g/mol. The van der Waals surface area contributed by atoms with Gasteiger partial charge in [-0.3, -0.25) is 0 Å². The summed E-state index contributed by atoms with van der Waals surface area (Å²) in [6.45, 7) is 4.48. The predicted molar refractivity (Wildman–Crippen MR) is 76.1 cm³/mol. The van der Waals surface area contributed by atoms with E-state index in [4.69, 9.17) is 4.74 Å². The number of anilines is 1. The van der Waals surface area contributed by atoms with Crippen molar-refractivity contribution in [2.24, 2.45) is 5.41 Å².